The molecule has 0 aliphatic heterocycles. The van der Waals surface area contributed by atoms with Gasteiger partial charge >= 0.3 is 0 Å². The number of nitrogens with zero attached hydrogens (tertiary/aromatic N) is 3. The normalized spacial score (nSPS) is 12.3. The lowest BCUT2D eigenvalue weighted by Crippen LogP contribution is -2.08. The molecule has 3 N–H and O–H groups in total. The number of anilines is 2. The van der Waals surface area contributed by atoms with E-state index in [9.17, 15) is 9.50 Å². The van der Waals surface area contributed by atoms with Crippen LogP contribution in [0.2, 0.25) is 0 Å². The molecule has 1 atom stereocenters. The molecule has 0 radical (unpaired) electrons. The molecule has 2 aromatic heterocycles. The van der Waals surface area contributed by atoms with Gasteiger partial charge in [-0.15, -0.1) is 0 Å². The topological polar surface area (TPSA) is 86.7 Å². The number of hydrogen-bond acceptors (Lipinski definition) is 5. The summed E-state index contributed by atoms with van der Waals surface area (Å²) in [7, 11) is 0. The second kappa shape index (κ2) is 6.96. The quantitative estimate of drug-likeness (QED) is 0.401. The molecule has 4 rings (SSSR count). The highest BCUT2D eigenvalue weighted by Crippen LogP contribution is 2.28. The Kier molecular flexibility index (Phi) is 4.51. The van der Waals surface area contributed by atoms with Gasteiger partial charge in [0, 0.05) is 15.0 Å². The standard InChI is InChI=1S/C18H13FIN5O/c19-11-3-1-10(2-4-11)16(26)18-22-14-9-12(20)5-6-13(14)17(24-18)23-15-7-8-21-25-15/h1-9,16,26H,(H2,21,22,23,24,25)/t16-/m0/s1. The molecule has 26 heavy (non-hydrogen) atoms. The van der Waals surface area contributed by atoms with Crippen molar-refractivity contribution >= 4 is 45.1 Å². The minimum absolute atomic E-state index is 0.230. The van der Waals surface area contributed by atoms with Crippen LogP contribution >= 0.6 is 22.6 Å². The Bertz CT molecular complexity index is 1050. The average Bonchev–Trinajstić information content (AvgIpc) is 3.14. The van der Waals surface area contributed by atoms with Crippen LogP contribution in [0.1, 0.15) is 17.5 Å². The van der Waals surface area contributed by atoms with Crippen LogP contribution in [0.25, 0.3) is 10.9 Å². The molecule has 0 spiro atoms. The molecule has 0 saturated carbocycles. The van der Waals surface area contributed by atoms with Gasteiger partial charge in [-0.1, -0.05) is 12.1 Å². The van der Waals surface area contributed by atoms with E-state index in [0.717, 1.165) is 8.96 Å². The number of aliphatic hydroxyl groups excluding tert-OH is 1. The SMILES string of the molecule is O[C@@H](c1ccc(F)cc1)c1nc(Nc2ccn[nH]2)c2ccc(I)cc2n1. The molecule has 0 fully saturated rings. The first-order chi connectivity index (χ1) is 12.6. The van der Waals surface area contributed by atoms with E-state index in [1.54, 1.807) is 12.3 Å². The van der Waals surface area contributed by atoms with Crippen molar-refractivity contribution in [1.82, 2.24) is 20.2 Å². The van der Waals surface area contributed by atoms with Crippen LogP contribution in [0, 0.1) is 9.39 Å². The van der Waals surface area contributed by atoms with Gasteiger partial charge in [-0.3, -0.25) is 5.10 Å². The van der Waals surface area contributed by atoms with Gasteiger partial charge < -0.3 is 10.4 Å². The molecule has 0 amide bonds. The molecular weight excluding hydrogens is 448 g/mol. The Hall–Kier alpha value is -2.59. The van der Waals surface area contributed by atoms with Crippen LogP contribution in [-0.2, 0) is 0 Å². The van der Waals surface area contributed by atoms with Gasteiger partial charge in [0.05, 0.1) is 11.7 Å². The smallest absolute Gasteiger partial charge is 0.164 e. The third-order valence-electron chi connectivity index (χ3n) is 3.86. The van der Waals surface area contributed by atoms with Gasteiger partial charge in [0.15, 0.2) is 5.82 Å². The number of aromatic amines is 1. The Balaban J connectivity index is 1.82. The van der Waals surface area contributed by atoms with E-state index < -0.39 is 6.10 Å². The third kappa shape index (κ3) is 3.37. The fourth-order valence-electron chi connectivity index (χ4n) is 2.59. The fraction of sp³-hybridized carbons (Fsp3) is 0.0556. The summed E-state index contributed by atoms with van der Waals surface area (Å²) < 4.78 is 14.2. The van der Waals surface area contributed by atoms with Crippen molar-refractivity contribution in [2.75, 3.05) is 5.32 Å². The molecule has 0 aliphatic rings. The molecule has 2 aromatic carbocycles. The van der Waals surface area contributed by atoms with Crippen molar-refractivity contribution in [2.24, 2.45) is 0 Å². The Morgan fingerprint density at radius 2 is 1.88 bits per heavy atom. The molecule has 4 aromatic rings. The van der Waals surface area contributed by atoms with Crippen LogP contribution in [0.3, 0.4) is 0 Å². The molecule has 0 aliphatic carbocycles. The zero-order valence-corrected chi connectivity index (χ0v) is 15.5. The van der Waals surface area contributed by atoms with Gasteiger partial charge in [0.2, 0.25) is 0 Å². The van der Waals surface area contributed by atoms with E-state index in [4.69, 9.17) is 0 Å². The summed E-state index contributed by atoms with van der Waals surface area (Å²) in [6.07, 6.45) is 0.559. The van der Waals surface area contributed by atoms with Gasteiger partial charge in [0.1, 0.15) is 23.6 Å². The van der Waals surface area contributed by atoms with Crippen LogP contribution in [0.15, 0.2) is 54.7 Å². The number of aliphatic hydroxyl groups is 1. The van der Waals surface area contributed by atoms with E-state index in [1.807, 2.05) is 18.2 Å². The second-order valence-corrected chi connectivity index (χ2v) is 6.89. The maximum Gasteiger partial charge on any atom is 0.164 e. The second-order valence-electron chi connectivity index (χ2n) is 5.64. The molecule has 0 unspecified atom stereocenters. The highest BCUT2D eigenvalue weighted by Gasteiger charge is 2.17. The van der Waals surface area contributed by atoms with Crippen molar-refractivity contribution in [3.63, 3.8) is 0 Å². The van der Waals surface area contributed by atoms with Crippen molar-refractivity contribution in [2.45, 2.75) is 6.10 Å². The number of aromatic nitrogens is 4. The van der Waals surface area contributed by atoms with Crippen molar-refractivity contribution in [3.8, 4) is 0 Å². The van der Waals surface area contributed by atoms with Crippen LogP contribution in [0.5, 0.6) is 0 Å². The first-order valence-electron chi connectivity index (χ1n) is 7.77. The lowest BCUT2D eigenvalue weighted by molar-refractivity contribution is 0.210. The summed E-state index contributed by atoms with van der Waals surface area (Å²) in [5.41, 5.74) is 1.22. The molecule has 6 nitrogen and oxygen atoms in total. The monoisotopic (exact) mass is 461 g/mol. The van der Waals surface area contributed by atoms with E-state index in [0.29, 0.717) is 22.7 Å². The van der Waals surface area contributed by atoms with Crippen LogP contribution < -0.4 is 5.32 Å². The Morgan fingerprint density at radius 3 is 2.62 bits per heavy atom. The van der Waals surface area contributed by atoms with Crippen LogP contribution in [0.4, 0.5) is 16.0 Å². The lowest BCUT2D eigenvalue weighted by Gasteiger charge is -2.14. The van der Waals surface area contributed by atoms with Gasteiger partial charge in [-0.2, -0.15) is 5.10 Å². The predicted octanol–water partition coefficient (Wildman–Crippen LogP) is 3.92. The van der Waals surface area contributed by atoms with Crippen LogP contribution in [-0.4, -0.2) is 25.3 Å². The highest BCUT2D eigenvalue weighted by molar-refractivity contribution is 14.1. The number of halogens is 2. The van der Waals surface area contributed by atoms with Gasteiger partial charge in [-0.25, -0.2) is 14.4 Å². The van der Waals surface area contributed by atoms with Crippen molar-refractivity contribution < 1.29 is 9.50 Å². The maximum absolute atomic E-state index is 13.1. The largest absolute Gasteiger partial charge is 0.380 e. The number of rotatable bonds is 4. The summed E-state index contributed by atoms with van der Waals surface area (Å²) in [4.78, 5) is 8.99. The van der Waals surface area contributed by atoms with E-state index in [2.05, 4.69) is 48.1 Å². The fourth-order valence-corrected chi connectivity index (χ4v) is 3.06. The summed E-state index contributed by atoms with van der Waals surface area (Å²) in [5.74, 6) is 1.09. The van der Waals surface area contributed by atoms with Crippen molar-refractivity contribution in [3.05, 3.63) is 75.5 Å². The van der Waals surface area contributed by atoms with E-state index in [-0.39, 0.29) is 11.6 Å². The summed E-state index contributed by atoms with van der Waals surface area (Å²) in [6.45, 7) is 0. The molecular formula is C18H13FIN5O. The Morgan fingerprint density at radius 1 is 1.08 bits per heavy atom. The lowest BCUT2D eigenvalue weighted by atomic mass is 10.1. The number of H-pyrrole nitrogens is 1. The number of nitrogens with one attached hydrogen (secondary N) is 2. The molecule has 0 saturated heterocycles. The molecule has 130 valence electrons. The maximum atomic E-state index is 13.1. The summed E-state index contributed by atoms with van der Waals surface area (Å²) in [6, 6.07) is 13.2. The first kappa shape index (κ1) is 16.9. The summed E-state index contributed by atoms with van der Waals surface area (Å²) in [5, 5.41) is 21.4. The number of hydrogen-bond donors (Lipinski definition) is 3. The zero-order valence-electron chi connectivity index (χ0n) is 13.3. The Labute approximate surface area is 161 Å². The number of benzene rings is 2. The zero-order chi connectivity index (χ0) is 18.1. The van der Waals surface area contributed by atoms with E-state index in [1.165, 1.54) is 24.3 Å². The predicted molar refractivity (Wildman–Crippen MR) is 105 cm³/mol. The molecule has 2 heterocycles. The first-order valence-corrected chi connectivity index (χ1v) is 8.85. The highest BCUT2D eigenvalue weighted by atomic mass is 127. The van der Waals surface area contributed by atoms with Gasteiger partial charge in [-0.05, 0) is 58.5 Å². The van der Waals surface area contributed by atoms with E-state index >= 15 is 0 Å². The third-order valence-corrected chi connectivity index (χ3v) is 4.53. The van der Waals surface area contributed by atoms with Gasteiger partial charge in [0.25, 0.3) is 0 Å². The summed E-state index contributed by atoms with van der Waals surface area (Å²) >= 11 is 2.21. The molecule has 0 bridgehead atoms. The molecule has 8 heteroatoms. The average molecular weight is 461 g/mol. The minimum Gasteiger partial charge on any atom is -0.380 e. The number of fused-ring (bicyclic) bond motifs is 1. The van der Waals surface area contributed by atoms with Crippen molar-refractivity contribution in [1.29, 1.82) is 0 Å². The minimum atomic E-state index is -1.07.